The van der Waals surface area contributed by atoms with E-state index in [1.165, 1.54) is 0 Å². The molecule has 0 aliphatic heterocycles. The van der Waals surface area contributed by atoms with Crippen LogP contribution < -0.4 is 5.43 Å². The maximum Gasteiger partial charge on any atom is 0.514 e. The number of nitrogens with one attached hydrogen (secondary N) is 1. The lowest BCUT2D eigenvalue weighted by molar-refractivity contribution is -0.394. The largest absolute Gasteiger partial charge is 0.514 e. The SMILES string of the molecule is C/C(Cn1nnc([N+](=O)[O-])n1)=N\NC(=O)c1cc2ccccc2n1Cc1ccccc1Cl. The van der Waals surface area contributed by atoms with Crippen LogP contribution in [0.25, 0.3) is 10.9 Å². The van der Waals surface area contributed by atoms with Gasteiger partial charge >= 0.3 is 5.95 Å². The van der Waals surface area contributed by atoms with Crippen molar-refractivity contribution in [2.45, 2.75) is 20.0 Å². The van der Waals surface area contributed by atoms with Gasteiger partial charge in [0.05, 0.1) is 15.9 Å². The Kier molecular flexibility index (Phi) is 5.90. The molecule has 0 atom stereocenters. The smallest absolute Gasteiger partial charge is 0.390 e. The van der Waals surface area contributed by atoms with Gasteiger partial charge in [0, 0.05) is 27.7 Å². The highest BCUT2D eigenvalue weighted by Crippen LogP contribution is 2.24. The second kappa shape index (κ2) is 8.94. The van der Waals surface area contributed by atoms with Gasteiger partial charge in [0.25, 0.3) is 5.91 Å². The van der Waals surface area contributed by atoms with Crippen molar-refractivity contribution >= 4 is 40.1 Å². The van der Waals surface area contributed by atoms with Crippen LogP contribution in [0.1, 0.15) is 23.0 Å². The zero-order chi connectivity index (χ0) is 22.7. The van der Waals surface area contributed by atoms with E-state index in [1.54, 1.807) is 19.1 Å². The predicted molar refractivity (Wildman–Crippen MR) is 118 cm³/mol. The number of benzene rings is 2. The minimum atomic E-state index is -0.741. The number of nitrogens with zero attached hydrogens (tertiary/aromatic N) is 7. The molecular formula is C20H17ClN8O3. The number of hydrogen-bond acceptors (Lipinski definition) is 7. The van der Waals surface area contributed by atoms with Crippen molar-refractivity contribution in [1.82, 2.24) is 30.2 Å². The Morgan fingerprint density at radius 3 is 2.72 bits per heavy atom. The summed E-state index contributed by atoms with van der Waals surface area (Å²) in [6, 6.07) is 16.9. The number of fused-ring (bicyclic) bond motifs is 1. The summed E-state index contributed by atoms with van der Waals surface area (Å²) in [5.74, 6) is -1.02. The summed E-state index contributed by atoms with van der Waals surface area (Å²) in [7, 11) is 0. The summed E-state index contributed by atoms with van der Waals surface area (Å²) < 4.78 is 1.87. The Morgan fingerprint density at radius 2 is 1.97 bits per heavy atom. The zero-order valence-electron chi connectivity index (χ0n) is 16.8. The van der Waals surface area contributed by atoms with Crippen molar-refractivity contribution < 1.29 is 9.72 Å². The van der Waals surface area contributed by atoms with E-state index in [-0.39, 0.29) is 6.54 Å². The van der Waals surface area contributed by atoms with Crippen LogP contribution in [0.3, 0.4) is 0 Å². The topological polar surface area (TPSA) is 133 Å². The number of hydrogen-bond donors (Lipinski definition) is 1. The number of para-hydroxylation sites is 1. The molecule has 1 N–H and O–H groups in total. The van der Waals surface area contributed by atoms with Crippen LogP contribution in [0, 0.1) is 10.1 Å². The van der Waals surface area contributed by atoms with E-state index in [1.807, 2.05) is 47.0 Å². The highest BCUT2D eigenvalue weighted by molar-refractivity contribution is 6.31. The Labute approximate surface area is 186 Å². The number of carbonyl (C=O) groups excluding carboxylic acids is 1. The van der Waals surface area contributed by atoms with Crippen LogP contribution in [0.4, 0.5) is 5.95 Å². The number of hydrazone groups is 1. The fourth-order valence-corrected chi connectivity index (χ4v) is 3.38. The summed E-state index contributed by atoms with van der Waals surface area (Å²) in [6.45, 7) is 2.07. The molecule has 12 heteroatoms. The van der Waals surface area contributed by atoms with Crippen molar-refractivity contribution in [3.8, 4) is 0 Å². The molecule has 32 heavy (non-hydrogen) atoms. The van der Waals surface area contributed by atoms with E-state index in [4.69, 9.17) is 11.6 Å². The van der Waals surface area contributed by atoms with Gasteiger partial charge in [-0.3, -0.25) is 4.79 Å². The van der Waals surface area contributed by atoms with Crippen molar-refractivity contribution in [3.63, 3.8) is 0 Å². The number of amides is 1. The highest BCUT2D eigenvalue weighted by Gasteiger charge is 2.18. The normalized spacial score (nSPS) is 11.6. The summed E-state index contributed by atoms with van der Waals surface area (Å²) in [5, 5.41) is 26.8. The third-order valence-electron chi connectivity index (χ3n) is 4.65. The quantitative estimate of drug-likeness (QED) is 0.260. The van der Waals surface area contributed by atoms with Gasteiger partial charge in [0.15, 0.2) is 0 Å². The number of carbonyl (C=O) groups is 1. The average molecular weight is 453 g/mol. The van der Waals surface area contributed by atoms with Crippen LogP contribution in [-0.2, 0) is 13.1 Å². The van der Waals surface area contributed by atoms with Crippen LogP contribution in [0.2, 0.25) is 5.02 Å². The van der Waals surface area contributed by atoms with Crippen molar-refractivity contribution in [2.75, 3.05) is 0 Å². The fourth-order valence-electron chi connectivity index (χ4n) is 3.18. The van der Waals surface area contributed by atoms with Crippen LogP contribution in [0.15, 0.2) is 59.7 Å². The molecule has 0 unspecified atom stereocenters. The zero-order valence-corrected chi connectivity index (χ0v) is 17.6. The molecule has 0 bridgehead atoms. The van der Waals surface area contributed by atoms with E-state index < -0.39 is 16.8 Å². The second-order valence-corrected chi connectivity index (χ2v) is 7.34. The van der Waals surface area contributed by atoms with Gasteiger partial charge in [-0.1, -0.05) is 52.8 Å². The maximum absolute atomic E-state index is 12.9. The molecule has 0 aliphatic carbocycles. The molecule has 0 aliphatic rings. The molecule has 11 nitrogen and oxygen atoms in total. The Hall–Kier alpha value is -4.12. The Balaban J connectivity index is 1.57. The van der Waals surface area contributed by atoms with Gasteiger partial charge in [-0.2, -0.15) is 5.10 Å². The molecule has 0 saturated heterocycles. The third kappa shape index (κ3) is 4.47. The monoisotopic (exact) mass is 452 g/mol. The first-order valence-electron chi connectivity index (χ1n) is 9.50. The lowest BCUT2D eigenvalue weighted by Gasteiger charge is -2.11. The number of aromatic nitrogens is 5. The maximum atomic E-state index is 12.9. The highest BCUT2D eigenvalue weighted by atomic mass is 35.5. The minimum Gasteiger partial charge on any atom is -0.390 e. The lowest BCUT2D eigenvalue weighted by Crippen LogP contribution is -2.24. The van der Waals surface area contributed by atoms with Crippen molar-refractivity contribution in [1.29, 1.82) is 0 Å². The van der Waals surface area contributed by atoms with Gasteiger partial charge in [-0.05, 0) is 35.6 Å². The summed E-state index contributed by atoms with van der Waals surface area (Å²) in [6.07, 6.45) is 0. The molecule has 4 rings (SSSR count). The number of halogens is 1. The molecule has 2 aromatic heterocycles. The number of rotatable bonds is 7. The molecule has 1 amide bonds. The molecule has 4 aromatic rings. The van der Waals surface area contributed by atoms with Gasteiger partial charge < -0.3 is 14.7 Å². The standard InChI is InChI=1S/C20H17ClN8O3/c1-13(11-28-25-20(24-26-28)29(31)32)22-23-19(30)18-10-14-6-3-5-9-17(14)27(18)12-15-7-2-4-8-16(15)21/h2-10H,11-12H2,1H3,(H,23,30)/b22-13+. The third-order valence-corrected chi connectivity index (χ3v) is 5.02. The Morgan fingerprint density at radius 1 is 1.22 bits per heavy atom. The fraction of sp³-hybridized carbons (Fsp3) is 0.150. The van der Waals surface area contributed by atoms with Crippen LogP contribution >= 0.6 is 11.6 Å². The predicted octanol–water partition coefficient (Wildman–Crippen LogP) is 3.04. The number of nitro groups is 1. The summed E-state index contributed by atoms with van der Waals surface area (Å²) >= 11 is 6.33. The van der Waals surface area contributed by atoms with Gasteiger partial charge in [0.1, 0.15) is 12.2 Å². The van der Waals surface area contributed by atoms with Gasteiger partial charge in [0.2, 0.25) is 0 Å². The van der Waals surface area contributed by atoms with Crippen LogP contribution in [-0.4, -0.2) is 41.3 Å². The van der Waals surface area contributed by atoms with E-state index in [0.717, 1.165) is 21.3 Å². The van der Waals surface area contributed by atoms with E-state index in [2.05, 4.69) is 25.9 Å². The molecule has 162 valence electrons. The average Bonchev–Trinajstić information content (AvgIpc) is 3.39. The number of tetrazole rings is 1. The molecule has 2 heterocycles. The van der Waals surface area contributed by atoms with E-state index in [0.29, 0.717) is 23.0 Å². The molecule has 0 saturated carbocycles. The molecule has 0 fully saturated rings. The first kappa shape index (κ1) is 21.1. The van der Waals surface area contributed by atoms with Crippen molar-refractivity contribution in [3.05, 3.63) is 81.0 Å². The minimum absolute atomic E-state index is 0.0315. The summed E-state index contributed by atoms with van der Waals surface area (Å²) in [4.78, 5) is 23.9. The van der Waals surface area contributed by atoms with Gasteiger partial charge in [-0.15, -0.1) is 0 Å². The summed E-state index contributed by atoms with van der Waals surface area (Å²) in [5.41, 5.74) is 5.13. The molecular weight excluding hydrogens is 436 g/mol. The lowest BCUT2D eigenvalue weighted by atomic mass is 10.2. The first-order chi connectivity index (χ1) is 15.4. The van der Waals surface area contributed by atoms with E-state index in [9.17, 15) is 14.9 Å². The van der Waals surface area contributed by atoms with E-state index >= 15 is 0 Å². The molecule has 0 spiro atoms. The van der Waals surface area contributed by atoms with Crippen molar-refractivity contribution in [2.24, 2.45) is 5.10 Å². The molecule has 0 radical (unpaired) electrons. The molecule has 2 aromatic carbocycles. The second-order valence-electron chi connectivity index (χ2n) is 6.93. The first-order valence-corrected chi connectivity index (χ1v) is 9.87. The van der Waals surface area contributed by atoms with Crippen LogP contribution in [0.5, 0.6) is 0 Å². The van der Waals surface area contributed by atoms with Gasteiger partial charge in [-0.25, -0.2) is 5.43 Å². The Bertz CT molecular complexity index is 1340.